The molecule has 0 aliphatic carbocycles. The minimum Gasteiger partial charge on any atom is -0.475 e. The van der Waals surface area contributed by atoms with E-state index in [1.54, 1.807) is 13.8 Å². The van der Waals surface area contributed by atoms with Gasteiger partial charge in [-0.1, -0.05) is 0 Å². The third kappa shape index (κ3) is 1.96. The van der Waals surface area contributed by atoms with Crippen LogP contribution in [0.15, 0.2) is 8.83 Å². The number of carboxylic acids is 1. The lowest BCUT2D eigenvalue weighted by atomic mass is 10.3. The zero-order valence-corrected chi connectivity index (χ0v) is 9.40. The van der Waals surface area contributed by atoms with Crippen molar-refractivity contribution < 1.29 is 27.5 Å². The molecule has 0 spiro atoms. The number of hydrogen-bond donors (Lipinski definition) is 1. The van der Waals surface area contributed by atoms with Gasteiger partial charge < -0.3 is 13.9 Å². The van der Waals surface area contributed by atoms with Gasteiger partial charge in [0.2, 0.25) is 11.5 Å². The molecule has 0 saturated heterocycles. The minimum absolute atomic E-state index is 0.0434. The van der Waals surface area contributed by atoms with Crippen LogP contribution in [-0.2, 0) is 0 Å². The van der Waals surface area contributed by atoms with E-state index in [2.05, 4.69) is 9.97 Å². The topological polar surface area (TPSA) is 89.4 Å². The zero-order chi connectivity index (χ0) is 13.4. The van der Waals surface area contributed by atoms with Crippen molar-refractivity contribution in [3.63, 3.8) is 0 Å². The third-order valence-electron chi connectivity index (χ3n) is 2.15. The lowest BCUT2D eigenvalue weighted by Crippen LogP contribution is -1.99. The Morgan fingerprint density at radius 3 is 2.33 bits per heavy atom. The predicted octanol–water partition coefficient (Wildman–Crippen LogP) is 2.58. The van der Waals surface area contributed by atoms with Crippen molar-refractivity contribution in [3.05, 3.63) is 23.0 Å². The molecule has 2 rings (SSSR count). The third-order valence-corrected chi connectivity index (χ3v) is 2.15. The van der Waals surface area contributed by atoms with Crippen LogP contribution in [0.1, 0.15) is 34.3 Å². The largest absolute Gasteiger partial charge is 0.475 e. The summed E-state index contributed by atoms with van der Waals surface area (Å²) in [5.74, 6) is -2.48. The molecule has 0 saturated carbocycles. The van der Waals surface area contributed by atoms with E-state index in [9.17, 15) is 13.6 Å². The summed E-state index contributed by atoms with van der Waals surface area (Å²) in [6, 6.07) is 0. The second kappa shape index (κ2) is 4.21. The molecular weight excluding hydrogens is 250 g/mol. The summed E-state index contributed by atoms with van der Waals surface area (Å²) in [6.45, 7) is 3.13. The first kappa shape index (κ1) is 12.2. The molecule has 0 bridgehead atoms. The first-order valence-corrected chi connectivity index (χ1v) is 4.86. The van der Waals surface area contributed by atoms with Crippen molar-refractivity contribution in [1.82, 2.24) is 9.97 Å². The van der Waals surface area contributed by atoms with Gasteiger partial charge in [0.05, 0.1) is 5.69 Å². The van der Waals surface area contributed by atoms with Gasteiger partial charge in [0.15, 0.2) is 11.6 Å². The van der Waals surface area contributed by atoms with Crippen molar-refractivity contribution >= 4 is 5.97 Å². The summed E-state index contributed by atoms with van der Waals surface area (Å²) in [5, 5.41) is 8.74. The molecule has 0 atom stereocenters. The number of aromatic carboxylic acids is 1. The molecule has 0 radical (unpaired) electrons. The molecule has 2 aromatic rings. The zero-order valence-electron chi connectivity index (χ0n) is 9.40. The molecule has 0 unspecified atom stereocenters. The number of oxazole rings is 2. The summed E-state index contributed by atoms with van der Waals surface area (Å²) in [6.07, 6.45) is -3.04. The fourth-order valence-corrected chi connectivity index (χ4v) is 1.46. The molecule has 0 aliphatic heterocycles. The first-order chi connectivity index (χ1) is 8.40. The Hall–Kier alpha value is -2.25. The summed E-state index contributed by atoms with van der Waals surface area (Å²) in [4.78, 5) is 18.1. The van der Waals surface area contributed by atoms with Gasteiger partial charge in [-0.25, -0.2) is 23.5 Å². The maximum Gasteiger partial charge on any atom is 0.374 e. The smallest absolute Gasteiger partial charge is 0.374 e. The molecule has 18 heavy (non-hydrogen) atoms. The van der Waals surface area contributed by atoms with Crippen LogP contribution >= 0.6 is 0 Å². The normalized spacial score (nSPS) is 11.2. The number of alkyl halides is 2. The van der Waals surface area contributed by atoms with Crippen molar-refractivity contribution in [2.75, 3.05) is 0 Å². The minimum atomic E-state index is -3.04. The van der Waals surface area contributed by atoms with Crippen LogP contribution in [0.4, 0.5) is 8.78 Å². The van der Waals surface area contributed by atoms with Crippen molar-refractivity contribution in [2.24, 2.45) is 0 Å². The highest BCUT2D eigenvalue weighted by atomic mass is 19.3. The number of carbonyl (C=O) groups is 1. The van der Waals surface area contributed by atoms with E-state index in [0.717, 1.165) is 0 Å². The van der Waals surface area contributed by atoms with E-state index < -0.39 is 23.8 Å². The Balaban J connectivity index is 2.56. The maximum absolute atomic E-state index is 12.6. The van der Waals surface area contributed by atoms with Gasteiger partial charge in [-0.3, -0.25) is 0 Å². The fraction of sp³-hybridized carbons (Fsp3) is 0.300. The SMILES string of the molecule is Cc1nc(C)c(-c2nc(C(F)F)c(C(=O)O)o2)o1. The molecule has 6 nitrogen and oxygen atoms in total. The molecule has 0 aromatic carbocycles. The molecule has 96 valence electrons. The predicted molar refractivity (Wildman–Crippen MR) is 53.4 cm³/mol. The van der Waals surface area contributed by atoms with E-state index in [1.807, 2.05) is 0 Å². The second-order valence-corrected chi connectivity index (χ2v) is 3.49. The summed E-state index contributed by atoms with van der Waals surface area (Å²) in [7, 11) is 0. The second-order valence-electron chi connectivity index (χ2n) is 3.49. The quantitative estimate of drug-likeness (QED) is 0.909. The van der Waals surface area contributed by atoms with Gasteiger partial charge in [0.25, 0.3) is 12.3 Å². The van der Waals surface area contributed by atoms with Crippen LogP contribution < -0.4 is 0 Å². The highest BCUT2D eigenvalue weighted by Gasteiger charge is 2.28. The average Bonchev–Trinajstić information content (AvgIpc) is 2.81. The highest BCUT2D eigenvalue weighted by Crippen LogP contribution is 2.30. The molecule has 1 N–H and O–H groups in total. The van der Waals surface area contributed by atoms with Gasteiger partial charge in [0.1, 0.15) is 0 Å². The number of aryl methyl sites for hydroxylation is 2. The number of rotatable bonds is 3. The van der Waals surface area contributed by atoms with Gasteiger partial charge >= 0.3 is 5.97 Å². The summed E-state index contributed by atoms with van der Waals surface area (Å²) in [5.41, 5.74) is -0.544. The van der Waals surface area contributed by atoms with Crippen LogP contribution in [0.3, 0.4) is 0 Å². The Bertz CT molecular complexity index is 603. The average molecular weight is 258 g/mol. The Labute approximate surface area is 99.3 Å². The molecule has 8 heteroatoms. The van der Waals surface area contributed by atoms with Crippen molar-refractivity contribution in [3.8, 4) is 11.7 Å². The van der Waals surface area contributed by atoms with Gasteiger partial charge in [0, 0.05) is 6.92 Å². The van der Waals surface area contributed by atoms with E-state index in [-0.39, 0.29) is 11.7 Å². The van der Waals surface area contributed by atoms with E-state index in [0.29, 0.717) is 11.6 Å². The number of halogens is 2. The fourth-order valence-electron chi connectivity index (χ4n) is 1.46. The summed E-state index contributed by atoms with van der Waals surface area (Å²) < 4.78 is 35.1. The molecule has 0 aliphatic rings. The lowest BCUT2D eigenvalue weighted by Gasteiger charge is -1.91. The Morgan fingerprint density at radius 1 is 1.28 bits per heavy atom. The number of aromatic nitrogens is 2. The van der Waals surface area contributed by atoms with Crippen LogP contribution in [0, 0.1) is 13.8 Å². The number of carboxylic acid groups (broad SMARTS) is 1. The maximum atomic E-state index is 12.6. The van der Waals surface area contributed by atoms with Crippen LogP contribution in [0.2, 0.25) is 0 Å². The van der Waals surface area contributed by atoms with Crippen LogP contribution in [0.25, 0.3) is 11.7 Å². The molecule has 0 amide bonds. The van der Waals surface area contributed by atoms with Crippen molar-refractivity contribution in [1.29, 1.82) is 0 Å². The molecule has 2 aromatic heterocycles. The van der Waals surface area contributed by atoms with Crippen LogP contribution in [-0.4, -0.2) is 21.0 Å². The molecular formula is C10H8F2N2O4. The summed E-state index contributed by atoms with van der Waals surface area (Å²) >= 11 is 0. The van der Waals surface area contributed by atoms with E-state index in [4.69, 9.17) is 13.9 Å². The van der Waals surface area contributed by atoms with Gasteiger partial charge in [-0.05, 0) is 6.92 Å². The Morgan fingerprint density at radius 2 is 1.94 bits per heavy atom. The Kier molecular flexibility index (Phi) is 2.85. The van der Waals surface area contributed by atoms with Gasteiger partial charge in [-0.2, -0.15) is 0 Å². The van der Waals surface area contributed by atoms with E-state index >= 15 is 0 Å². The number of hydrogen-bond acceptors (Lipinski definition) is 5. The lowest BCUT2D eigenvalue weighted by molar-refractivity contribution is 0.0646. The van der Waals surface area contributed by atoms with E-state index in [1.165, 1.54) is 0 Å². The highest BCUT2D eigenvalue weighted by molar-refractivity contribution is 5.86. The van der Waals surface area contributed by atoms with Crippen molar-refractivity contribution in [2.45, 2.75) is 20.3 Å². The number of nitrogens with zero attached hydrogens (tertiary/aromatic N) is 2. The first-order valence-electron chi connectivity index (χ1n) is 4.86. The molecule has 2 heterocycles. The molecule has 0 fully saturated rings. The van der Waals surface area contributed by atoms with Crippen LogP contribution in [0.5, 0.6) is 0 Å². The standard InChI is InChI=1S/C10H8F2N2O4/c1-3-6(17-4(2)13-3)9-14-5(8(11)12)7(18-9)10(15)16/h8H,1-2H3,(H,15,16). The monoisotopic (exact) mass is 258 g/mol. The van der Waals surface area contributed by atoms with Gasteiger partial charge in [-0.15, -0.1) is 0 Å².